The Balaban J connectivity index is 1.73. The van der Waals surface area contributed by atoms with E-state index in [0.717, 1.165) is 5.56 Å². The van der Waals surface area contributed by atoms with Crippen molar-refractivity contribution >= 4 is 17.5 Å². The van der Waals surface area contributed by atoms with Crippen molar-refractivity contribution < 1.29 is 14.3 Å². The molecule has 0 saturated carbocycles. The molecule has 8 nitrogen and oxygen atoms in total. The third-order valence-electron chi connectivity index (χ3n) is 5.61. The number of methoxy groups -OCH3 is 2. The third kappa shape index (κ3) is 3.91. The Morgan fingerprint density at radius 3 is 2.53 bits per heavy atom. The molecule has 8 heteroatoms. The Hall–Kier alpha value is -3.81. The number of carbonyl (C=O) groups excluding carboxylic acids is 1. The quantitative estimate of drug-likeness (QED) is 0.601. The molecule has 0 fully saturated rings. The third-order valence-corrected chi connectivity index (χ3v) is 5.61. The van der Waals surface area contributed by atoms with Crippen LogP contribution < -0.4 is 20.1 Å². The molecule has 1 aliphatic rings. The summed E-state index contributed by atoms with van der Waals surface area (Å²) in [7, 11) is 3.14. The van der Waals surface area contributed by atoms with E-state index in [2.05, 4.69) is 46.7 Å². The van der Waals surface area contributed by atoms with Crippen molar-refractivity contribution in [2.24, 2.45) is 0 Å². The van der Waals surface area contributed by atoms with Crippen LogP contribution in [0.15, 0.2) is 60.1 Å². The minimum absolute atomic E-state index is 0.252. The minimum atomic E-state index is -0.417. The fourth-order valence-corrected chi connectivity index (χ4v) is 3.85. The average molecular weight is 434 g/mol. The largest absolute Gasteiger partial charge is 0.497 e. The van der Waals surface area contributed by atoms with Gasteiger partial charge in [0.1, 0.15) is 23.9 Å². The summed E-state index contributed by atoms with van der Waals surface area (Å²) in [6.45, 7) is 6.17. The maximum absolute atomic E-state index is 13.5. The Morgan fingerprint density at radius 1 is 1.12 bits per heavy atom. The van der Waals surface area contributed by atoms with E-state index >= 15 is 0 Å². The summed E-state index contributed by atoms with van der Waals surface area (Å²) < 4.78 is 12.4. The smallest absolute Gasteiger partial charge is 0.255 e. The van der Waals surface area contributed by atoms with E-state index in [1.807, 2.05) is 19.1 Å². The number of anilines is 2. The first-order valence-electron chi connectivity index (χ1n) is 10.4. The Labute approximate surface area is 187 Å². The van der Waals surface area contributed by atoms with Gasteiger partial charge in [-0.1, -0.05) is 38.1 Å². The maximum Gasteiger partial charge on any atom is 0.255 e. The molecule has 0 radical (unpaired) electrons. The molecular formula is C24H27N5O3. The zero-order chi connectivity index (χ0) is 22.8. The molecule has 1 aromatic heterocycles. The standard InChI is InChI=1S/C24H27N5O3/c1-14(2)16-6-8-17(9-7-16)22-21(15(3)27-24-25-13-26-29(22)24)23(30)28-19-11-10-18(31-4)12-20(19)32-5/h6-14,22H,1-5H3,(H,28,30)(H,25,26,27). The molecule has 1 aliphatic heterocycles. The van der Waals surface area contributed by atoms with Gasteiger partial charge in [-0.15, -0.1) is 0 Å². The summed E-state index contributed by atoms with van der Waals surface area (Å²) >= 11 is 0. The number of nitrogens with one attached hydrogen (secondary N) is 2. The van der Waals surface area contributed by atoms with Crippen molar-refractivity contribution in [3.05, 3.63) is 71.2 Å². The first kappa shape index (κ1) is 21.4. The summed E-state index contributed by atoms with van der Waals surface area (Å²) in [5.41, 5.74) is 4.01. The van der Waals surface area contributed by atoms with Gasteiger partial charge >= 0.3 is 0 Å². The highest BCUT2D eigenvalue weighted by Gasteiger charge is 2.33. The van der Waals surface area contributed by atoms with Gasteiger partial charge in [0.2, 0.25) is 5.95 Å². The second-order valence-corrected chi connectivity index (χ2v) is 7.94. The number of hydrogen-bond donors (Lipinski definition) is 2. The lowest BCUT2D eigenvalue weighted by molar-refractivity contribution is -0.113. The molecule has 2 aromatic carbocycles. The monoisotopic (exact) mass is 433 g/mol. The van der Waals surface area contributed by atoms with Gasteiger partial charge in [0.05, 0.1) is 25.5 Å². The van der Waals surface area contributed by atoms with Crippen molar-refractivity contribution in [1.29, 1.82) is 0 Å². The molecule has 0 aliphatic carbocycles. The number of nitrogens with zero attached hydrogens (tertiary/aromatic N) is 3. The van der Waals surface area contributed by atoms with Crippen LogP contribution in [-0.4, -0.2) is 34.9 Å². The van der Waals surface area contributed by atoms with Crippen molar-refractivity contribution in [2.75, 3.05) is 24.9 Å². The normalized spacial score (nSPS) is 15.2. The molecule has 1 unspecified atom stereocenters. The molecule has 1 amide bonds. The fourth-order valence-electron chi connectivity index (χ4n) is 3.85. The van der Waals surface area contributed by atoms with Crippen LogP contribution >= 0.6 is 0 Å². The van der Waals surface area contributed by atoms with E-state index in [4.69, 9.17) is 9.47 Å². The van der Waals surface area contributed by atoms with Gasteiger partial charge in [0.25, 0.3) is 5.91 Å². The van der Waals surface area contributed by atoms with Crippen LogP contribution in [0.1, 0.15) is 43.9 Å². The maximum atomic E-state index is 13.5. The number of aromatic nitrogens is 3. The summed E-state index contributed by atoms with van der Waals surface area (Å²) in [6, 6.07) is 13.1. The van der Waals surface area contributed by atoms with Crippen LogP contribution in [0.5, 0.6) is 11.5 Å². The number of rotatable bonds is 6. The molecule has 2 N–H and O–H groups in total. The molecular weight excluding hydrogens is 406 g/mol. The van der Waals surface area contributed by atoms with E-state index in [1.54, 1.807) is 37.1 Å². The summed E-state index contributed by atoms with van der Waals surface area (Å²) in [4.78, 5) is 17.8. The highest BCUT2D eigenvalue weighted by atomic mass is 16.5. The van der Waals surface area contributed by atoms with Crippen LogP contribution in [0, 0.1) is 0 Å². The average Bonchev–Trinajstić information content (AvgIpc) is 3.26. The number of fused-ring (bicyclic) bond motifs is 1. The zero-order valence-electron chi connectivity index (χ0n) is 18.8. The van der Waals surface area contributed by atoms with Crippen LogP contribution in [0.25, 0.3) is 0 Å². The van der Waals surface area contributed by atoms with Crippen molar-refractivity contribution in [3.63, 3.8) is 0 Å². The van der Waals surface area contributed by atoms with Gasteiger partial charge in [0.15, 0.2) is 0 Å². The molecule has 2 heterocycles. The molecule has 0 spiro atoms. The Kier molecular flexibility index (Phi) is 5.85. The van der Waals surface area contributed by atoms with Crippen LogP contribution in [0.4, 0.5) is 11.6 Å². The molecule has 4 rings (SSSR count). The fraction of sp³-hybridized carbons (Fsp3) is 0.292. The lowest BCUT2D eigenvalue weighted by Gasteiger charge is -2.29. The van der Waals surface area contributed by atoms with Gasteiger partial charge in [0, 0.05) is 11.8 Å². The Morgan fingerprint density at radius 2 is 1.88 bits per heavy atom. The topological polar surface area (TPSA) is 90.3 Å². The minimum Gasteiger partial charge on any atom is -0.497 e. The molecule has 166 valence electrons. The molecule has 1 atom stereocenters. The van der Waals surface area contributed by atoms with Crippen molar-refractivity contribution in [2.45, 2.75) is 32.7 Å². The number of hydrogen-bond acceptors (Lipinski definition) is 6. The summed E-state index contributed by atoms with van der Waals surface area (Å²) in [6.07, 6.45) is 1.48. The lowest BCUT2D eigenvalue weighted by Crippen LogP contribution is -2.31. The second-order valence-electron chi connectivity index (χ2n) is 7.94. The molecule has 0 bridgehead atoms. The first-order valence-corrected chi connectivity index (χ1v) is 10.4. The molecule has 3 aromatic rings. The van der Waals surface area contributed by atoms with E-state index in [0.29, 0.717) is 40.3 Å². The Bertz CT molecular complexity index is 1160. The van der Waals surface area contributed by atoms with Gasteiger partial charge in [-0.2, -0.15) is 10.1 Å². The SMILES string of the molecule is COc1ccc(NC(=O)C2=C(C)Nc3ncnn3C2c2ccc(C(C)C)cc2)c(OC)c1. The number of amides is 1. The van der Waals surface area contributed by atoms with Gasteiger partial charge in [-0.25, -0.2) is 4.68 Å². The zero-order valence-corrected chi connectivity index (χ0v) is 18.8. The van der Waals surface area contributed by atoms with Crippen LogP contribution in [0.2, 0.25) is 0 Å². The van der Waals surface area contributed by atoms with E-state index in [1.165, 1.54) is 11.9 Å². The van der Waals surface area contributed by atoms with Gasteiger partial charge in [-0.3, -0.25) is 4.79 Å². The predicted molar refractivity (Wildman–Crippen MR) is 123 cm³/mol. The summed E-state index contributed by atoms with van der Waals surface area (Å²) in [5.74, 6) is 1.92. The second kappa shape index (κ2) is 8.74. The van der Waals surface area contributed by atoms with Crippen molar-refractivity contribution in [3.8, 4) is 11.5 Å². The van der Waals surface area contributed by atoms with Crippen LogP contribution in [0.3, 0.4) is 0 Å². The van der Waals surface area contributed by atoms with E-state index in [-0.39, 0.29) is 5.91 Å². The highest BCUT2D eigenvalue weighted by Crippen LogP contribution is 2.37. The molecule has 32 heavy (non-hydrogen) atoms. The van der Waals surface area contributed by atoms with Crippen LogP contribution in [-0.2, 0) is 4.79 Å². The van der Waals surface area contributed by atoms with Gasteiger partial charge in [-0.05, 0) is 36.1 Å². The molecule has 0 saturated heterocycles. The predicted octanol–water partition coefficient (Wildman–Crippen LogP) is 4.35. The number of carbonyl (C=O) groups is 1. The number of allylic oxidation sites excluding steroid dienone is 1. The summed E-state index contributed by atoms with van der Waals surface area (Å²) in [5, 5.41) is 10.6. The first-order chi connectivity index (χ1) is 15.4. The lowest BCUT2D eigenvalue weighted by atomic mass is 9.92. The van der Waals surface area contributed by atoms with Crippen molar-refractivity contribution in [1.82, 2.24) is 14.8 Å². The number of benzene rings is 2. The number of ether oxygens (including phenoxy) is 2. The van der Waals surface area contributed by atoms with E-state index in [9.17, 15) is 4.79 Å². The van der Waals surface area contributed by atoms with E-state index < -0.39 is 6.04 Å². The highest BCUT2D eigenvalue weighted by molar-refractivity contribution is 6.06. The van der Waals surface area contributed by atoms with Gasteiger partial charge < -0.3 is 20.1 Å².